The van der Waals surface area contributed by atoms with Gasteiger partial charge in [-0.15, -0.1) is 0 Å². The van der Waals surface area contributed by atoms with E-state index in [9.17, 15) is 0 Å². The Morgan fingerprint density at radius 3 is 2.88 bits per heavy atom. The quantitative estimate of drug-likeness (QED) is 0.841. The van der Waals surface area contributed by atoms with Gasteiger partial charge in [0.2, 0.25) is 0 Å². The third kappa shape index (κ3) is 2.41. The summed E-state index contributed by atoms with van der Waals surface area (Å²) in [5.74, 6) is 1.98. The minimum Gasteiger partial charge on any atom is -0.375 e. The van der Waals surface area contributed by atoms with Gasteiger partial charge in [-0.1, -0.05) is 0 Å². The summed E-state index contributed by atoms with van der Waals surface area (Å²) < 4.78 is 2.12. The average molecular weight is 249 g/mol. The minimum atomic E-state index is 0.926. The van der Waals surface area contributed by atoms with E-state index in [2.05, 4.69) is 59.4 Å². The topological polar surface area (TPSA) is 21.1 Å². The highest BCUT2D eigenvalue weighted by molar-refractivity contribution is 7.80. The van der Waals surface area contributed by atoms with E-state index >= 15 is 0 Å². The van der Waals surface area contributed by atoms with Crippen LogP contribution in [0.1, 0.15) is 12.2 Å². The van der Waals surface area contributed by atoms with E-state index in [1.807, 2.05) is 6.92 Å². The second-order valence-corrected chi connectivity index (χ2v) is 4.84. The predicted molar refractivity (Wildman–Crippen MR) is 77.2 cm³/mol. The molecule has 4 heteroatoms. The average Bonchev–Trinajstić information content (AvgIpc) is 2.61. The lowest BCUT2D eigenvalue weighted by Gasteiger charge is -2.18. The minimum absolute atomic E-state index is 0.926. The number of aryl methyl sites for hydroxylation is 2. The van der Waals surface area contributed by atoms with Crippen LogP contribution in [-0.2, 0) is 7.05 Å². The summed E-state index contributed by atoms with van der Waals surface area (Å²) in [5, 5.41) is 0. The van der Waals surface area contributed by atoms with Crippen LogP contribution in [0.2, 0.25) is 0 Å². The summed E-state index contributed by atoms with van der Waals surface area (Å²) in [6, 6.07) is 6.45. The normalized spacial score (nSPS) is 11.1. The molecule has 0 saturated carbocycles. The molecule has 17 heavy (non-hydrogen) atoms. The lowest BCUT2D eigenvalue weighted by Crippen LogP contribution is -2.18. The van der Waals surface area contributed by atoms with Gasteiger partial charge in [0, 0.05) is 26.3 Å². The van der Waals surface area contributed by atoms with Crippen LogP contribution in [-0.4, -0.2) is 28.9 Å². The van der Waals surface area contributed by atoms with Crippen molar-refractivity contribution in [1.29, 1.82) is 0 Å². The van der Waals surface area contributed by atoms with Crippen molar-refractivity contribution in [2.24, 2.45) is 7.05 Å². The molecule has 1 aromatic carbocycles. The van der Waals surface area contributed by atoms with Gasteiger partial charge in [-0.25, -0.2) is 4.98 Å². The Morgan fingerprint density at radius 1 is 1.41 bits per heavy atom. The molecule has 0 spiro atoms. The Balaban J connectivity index is 2.31. The van der Waals surface area contributed by atoms with Gasteiger partial charge in [0.1, 0.15) is 5.82 Å². The molecular formula is C13H19N3S. The molecule has 2 aromatic rings. The molecule has 0 atom stereocenters. The molecule has 0 N–H and O–H groups in total. The van der Waals surface area contributed by atoms with E-state index in [4.69, 9.17) is 0 Å². The van der Waals surface area contributed by atoms with Gasteiger partial charge >= 0.3 is 0 Å². The van der Waals surface area contributed by atoms with Gasteiger partial charge < -0.3 is 9.47 Å². The van der Waals surface area contributed by atoms with Crippen LogP contribution in [0.25, 0.3) is 11.0 Å². The molecule has 0 radical (unpaired) electrons. The zero-order valence-electron chi connectivity index (χ0n) is 10.6. The fourth-order valence-electron chi connectivity index (χ4n) is 1.98. The van der Waals surface area contributed by atoms with Crippen molar-refractivity contribution in [3.8, 4) is 0 Å². The SMILES string of the molecule is Cc1nc2cc(N(C)CCCS)ccc2n1C. The summed E-state index contributed by atoms with van der Waals surface area (Å²) in [4.78, 5) is 6.81. The number of imidazole rings is 1. The fraction of sp³-hybridized carbons (Fsp3) is 0.462. The number of hydrogen-bond acceptors (Lipinski definition) is 3. The highest BCUT2D eigenvalue weighted by Gasteiger charge is 2.06. The smallest absolute Gasteiger partial charge is 0.106 e. The number of hydrogen-bond donors (Lipinski definition) is 1. The highest BCUT2D eigenvalue weighted by atomic mass is 32.1. The van der Waals surface area contributed by atoms with Crippen molar-refractivity contribution in [2.75, 3.05) is 24.2 Å². The van der Waals surface area contributed by atoms with Crippen LogP contribution in [0.5, 0.6) is 0 Å². The summed E-state index contributed by atoms with van der Waals surface area (Å²) in [5.41, 5.74) is 3.48. The largest absolute Gasteiger partial charge is 0.375 e. The summed E-state index contributed by atoms with van der Waals surface area (Å²) in [6.45, 7) is 3.06. The molecule has 0 aliphatic heterocycles. The third-order valence-electron chi connectivity index (χ3n) is 3.18. The molecular weight excluding hydrogens is 230 g/mol. The van der Waals surface area contributed by atoms with Crippen LogP contribution in [0.3, 0.4) is 0 Å². The predicted octanol–water partition coefficient (Wildman–Crippen LogP) is 2.64. The summed E-state index contributed by atoms with van der Waals surface area (Å²) in [6.07, 6.45) is 1.10. The Labute approximate surface area is 108 Å². The van der Waals surface area contributed by atoms with Gasteiger partial charge in [-0.05, 0) is 37.3 Å². The first-order valence-electron chi connectivity index (χ1n) is 5.88. The number of nitrogens with zero attached hydrogens (tertiary/aromatic N) is 3. The van der Waals surface area contributed by atoms with Gasteiger partial charge in [0.25, 0.3) is 0 Å². The van der Waals surface area contributed by atoms with Gasteiger partial charge in [-0.3, -0.25) is 0 Å². The molecule has 1 heterocycles. The maximum atomic E-state index is 4.56. The summed E-state index contributed by atoms with van der Waals surface area (Å²) in [7, 11) is 4.16. The number of rotatable bonds is 4. The number of thiol groups is 1. The van der Waals surface area contributed by atoms with E-state index in [0.717, 1.165) is 30.1 Å². The van der Waals surface area contributed by atoms with Gasteiger partial charge in [0.15, 0.2) is 0 Å². The number of fused-ring (bicyclic) bond motifs is 1. The molecule has 2 rings (SSSR count). The van der Waals surface area contributed by atoms with E-state index in [1.54, 1.807) is 0 Å². The molecule has 0 amide bonds. The first-order valence-corrected chi connectivity index (χ1v) is 6.52. The second-order valence-electron chi connectivity index (χ2n) is 4.39. The Kier molecular flexibility index (Phi) is 3.62. The zero-order valence-corrected chi connectivity index (χ0v) is 11.5. The highest BCUT2D eigenvalue weighted by Crippen LogP contribution is 2.21. The molecule has 0 bridgehead atoms. The second kappa shape index (κ2) is 5.00. The van der Waals surface area contributed by atoms with Crippen LogP contribution in [0, 0.1) is 6.92 Å². The van der Waals surface area contributed by atoms with Crippen molar-refractivity contribution in [3.63, 3.8) is 0 Å². The summed E-state index contributed by atoms with van der Waals surface area (Å²) >= 11 is 4.24. The lowest BCUT2D eigenvalue weighted by atomic mass is 10.2. The number of aromatic nitrogens is 2. The zero-order chi connectivity index (χ0) is 12.4. The maximum Gasteiger partial charge on any atom is 0.106 e. The van der Waals surface area contributed by atoms with Gasteiger partial charge in [-0.2, -0.15) is 12.6 Å². The lowest BCUT2D eigenvalue weighted by molar-refractivity contribution is 0.861. The van der Waals surface area contributed by atoms with Crippen molar-refractivity contribution in [2.45, 2.75) is 13.3 Å². The maximum absolute atomic E-state index is 4.56. The van der Waals surface area contributed by atoms with Crippen molar-refractivity contribution in [1.82, 2.24) is 9.55 Å². The van der Waals surface area contributed by atoms with Crippen molar-refractivity contribution in [3.05, 3.63) is 24.0 Å². The molecule has 0 saturated heterocycles. The molecule has 92 valence electrons. The Morgan fingerprint density at radius 2 is 2.18 bits per heavy atom. The van der Waals surface area contributed by atoms with E-state index < -0.39 is 0 Å². The molecule has 0 fully saturated rings. The molecule has 0 unspecified atom stereocenters. The first-order chi connectivity index (χ1) is 8.13. The van der Waals surface area contributed by atoms with Crippen molar-refractivity contribution >= 4 is 29.3 Å². The number of benzene rings is 1. The third-order valence-corrected chi connectivity index (χ3v) is 3.50. The first kappa shape index (κ1) is 12.3. The van der Waals surface area contributed by atoms with Gasteiger partial charge in [0.05, 0.1) is 11.0 Å². The Hall–Kier alpha value is -1.16. The van der Waals surface area contributed by atoms with E-state index in [1.165, 1.54) is 11.2 Å². The molecule has 1 aromatic heterocycles. The number of anilines is 1. The van der Waals surface area contributed by atoms with Crippen molar-refractivity contribution < 1.29 is 0 Å². The van der Waals surface area contributed by atoms with Crippen LogP contribution in [0.15, 0.2) is 18.2 Å². The van der Waals surface area contributed by atoms with E-state index in [-0.39, 0.29) is 0 Å². The molecule has 0 aliphatic rings. The molecule has 0 aliphatic carbocycles. The monoisotopic (exact) mass is 249 g/mol. The fourth-order valence-corrected chi connectivity index (χ4v) is 2.12. The van der Waals surface area contributed by atoms with Crippen LogP contribution >= 0.6 is 12.6 Å². The Bertz CT molecular complexity index is 519. The molecule has 3 nitrogen and oxygen atoms in total. The van der Waals surface area contributed by atoms with Crippen LogP contribution in [0.4, 0.5) is 5.69 Å². The standard InChI is InChI=1S/C13H19N3S/c1-10-14-12-9-11(15(2)7-4-8-17)5-6-13(12)16(10)3/h5-6,9,17H,4,7-8H2,1-3H3. The van der Waals surface area contributed by atoms with E-state index in [0.29, 0.717) is 0 Å². The van der Waals surface area contributed by atoms with Crippen LogP contribution < -0.4 is 4.90 Å².